The summed E-state index contributed by atoms with van der Waals surface area (Å²) in [6, 6.07) is 8.38. The summed E-state index contributed by atoms with van der Waals surface area (Å²) in [5, 5.41) is 0.286. The molecular weight excluding hydrogens is 430 g/mol. The maximum Gasteiger partial charge on any atom is 0.182 e. The van der Waals surface area contributed by atoms with Crippen LogP contribution < -0.4 is 0 Å². The summed E-state index contributed by atoms with van der Waals surface area (Å²) in [7, 11) is 0. The fraction of sp³-hybridized carbons (Fsp3) is 0. The van der Waals surface area contributed by atoms with Crippen LogP contribution >= 0.6 is 55.7 Å². The SMILES string of the molecule is Fc1cc(Cl)c(-n2c(=S)[nH]c3ccc(Br)cc32)c(Br)c1. The van der Waals surface area contributed by atoms with Gasteiger partial charge in [0.05, 0.1) is 21.7 Å². The molecule has 7 heteroatoms. The second kappa shape index (κ2) is 5.26. The van der Waals surface area contributed by atoms with Crippen LogP contribution in [-0.2, 0) is 0 Å². The van der Waals surface area contributed by atoms with Crippen LogP contribution in [0.25, 0.3) is 16.7 Å². The van der Waals surface area contributed by atoms with Crippen LogP contribution in [0.1, 0.15) is 0 Å². The molecule has 0 aliphatic heterocycles. The standard InChI is InChI=1S/C13H6Br2ClFN2S/c14-6-1-2-10-11(3-6)19(13(20)18-10)12-8(15)4-7(17)5-9(12)16/h1-5H,(H,18,20). The van der Waals surface area contributed by atoms with Crippen LogP contribution in [0.15, 0.2) is 39.3 Å². The van der Waals surface area contributed by atoms with Gasteiger partial charge in [0.1, 0.15) is 5.82 Å². The summed E-state index contributed by atoms with van der Waals surface area (Å²) < 4.78 is 17.1. The molecule has 102 valence electrons. The lowest BCUT2D eigenvalue weighted by Crippen LogP contribution is -1.97. The summed E-state index contributed by atoms with van der Waals surface area (Å²) >= 11 is 18.3. The third kappa shape index (κ3) is 2.35. The van der Waals surface area contributed by atoms with E-state index < -0.39 is 5.82 Å². The van der Waals surface area contributed by atoms with Crippen molar-refractivity contribution in [2.24, 2.45) is 0 Å². The number of fused-ring (bicyclic) bond motifs is 1. The summed E-state index contributed by atoms with van der Waals surface area (Å²) in [5.74, 6) is -0.404. The Morgan fingerprint density at radius 3 is 2.65 bits per heavy atom. The van der Waals surface area contributed by atoms with E-state index in [1.54, 1.807) is 4.57 Å². The van der Waals surface area contributed by atoms with Crippen LogP contribution in [0.3, 0.4) is 0 Å². The minimum atomic E-state index is -0.404. The summed E-state index contributed by atoms with van der Waals surface area (Å²) in [5.41, 5.74) is 2.35. The van der Waals surface area contributed by atoms with Gasteiger partial charge in [-0.1, -0.05) is 27.5 Å². The zero-order chi connectivity index (χ0) is 14.4. The van der Waals surface area contributed by atoms with Crippen molar-refractivity contribution in [2.75, 3.05) is 0 Å². The van der Waals surface area contributed by atoms with E-state index in [4.69, 9.17) is 23.8 Å². The highest BCUT2D eigenvalue weighted by Crippen LogP contribution is 2.33. The first kappa shape index (κ1) is 14.3. The van der Waals surface area contributed by atoms with E-state index in [1.807, 2.05) is 18.2 Å². The highest BCUT2D eigenvalue weighted by atomic mass is 79.9. The minimum Gasteiger partial charge on any atom is -0.330 e. The van der Waals surface area contributed by atoms with Crippen molar-refractivity contribution >= 4 is 66.7 Å². The average Bonchev–Trinajstić information content (AvgIpc) is 2.65. The molecule has 0 fully saturated rings. The number of halogens is 4. The molecule has 0 aliphatic carbocycles. The Morgan fingerprint density at radius 1 is 1.20 bits per heavy atom. The molecule has 0 amide bonds. The number of aromatic nitrogens is 2. The Labute approximate surface area is 140 Å². The molecule has 0 saturated carbocycles. The highest BCUT2D eigenvalue weighted by molar-refractivity contribution is 9.10. The molecule has 20 heavy (non-hydrogen) atoms. The maximum atomic E-state index is 13.4. The first-order valence-electron chi connectivity index (χ1n) is 5.52. The maximum absolute atomic E-state index is 13.4. The number of rotatable bonds is 1. The molecule has 0 aliphatic rings. The van der Waals surface area contributed by atoms with Crippen LogP contribution in [0.4, 0.5) is 4.39 Å². The first-order chi connectivity index (χ1) is 9.47. The van der Waals surface area contributed by atoms with Gasteiger partial charge in [0.25, 0.3) is 0 Å². The van der Waals surface area contributed by atoms with Gasteiger partial charge in [-0.25, -0.2) is 4.39 Å². The zero-order valence-electron chi connectivity index (χ0n) is 9.75. The summed E-state index contributed by atoms with van der Waals surface area (Å²) in [6.07, 6.45) is 0. The van der Waals surface area contributed by atoms with Crippen molar-refractivity contribution in [1.82, 2.24) is 9.55 Å². The predicted molar refractivity (Wildman–Crippen MR) is 88.8 cm³/mol. The Hall–Kier alpha value is -0.690. The topological polar surface area (TPSA) is 20.7 Å². The van der Waals surface area contributed by atoms with Crippen molar-refractivity contribution in [1.29, 1.82) is 0 Å². The second-order valence-electron chi connectivity index (χ2n) is 4.15. The fourth-order valence-corrected chi connectivity index (χ4v) is 3.71. The van der Waals surface area contributed by atoms with E-state index in [2.05, 4.69) is 36.8 Å². The molecule has 0 saturated heterocycles. The van der Waals surface area contributed by atoms with Crippen LogP contribution in [-0.4, -0.2) is 9.55 Å². The summed E-state index contributed by atoms with van der Waals surface area (Å²) in [6.45, 7) is 0. The van der Waals surface area contributed by atoms with Gasteiger partial charge < -0.3 is 4.98 Å². The molecule has 1 heterocycles. The lowest BCUT2D eigenvalue weighted by atomic mass is 10.2. The number of nitrogens with zero attached hydrogens (tertiary/aromatic N) is 1. The lowest BCUT2D eigenvalue weighted by Gasteiger charge is -2.10. The molecule has 0 radical (unpaired) electrons. The predicted octanol–water partition coefficient (Wildman–Crippen LogP) is 6.01. The molecular formula is C13H6Br2ClFN2S. The van der Waals surface area contributed by atoms with E-state index in [1.165, 1.54) is 12.1 Å². The third-order valence-corrected chi connectivity index (χ3v) is 4.52. The van der Waals surface area contributed by atoms with Gasteiger partial charge in [-0.3, -0.25) is 4.57 Å². The second-order valence-corrected chi connectivity index (χ2v) is 6.71. The Bertz CT molecular complexity index is 865. The van der Waals surface area contributed by atoms with Gasteiger partial charge in [-0.2, -0.15) is 0 Å². The highest BCUT2D eigenvalue weighted by Gasteiger charge is 2.14. The molecule has 1 aromatic heterocycles. The molecule has 3 rings (SSSR count). The van der Waals surface area contributed by atoms with Gasteiger partial charge in [0.15, 0.2) is 4.77 Å². The number of H-pyrrole nitrogens is 1. The molecule has 1 N–H and O–H groups in total. The van der Waals surface area contributed by atoms with Crippen molar-refractivity contribution in [3.05, 3.63) is 54.9 Å². The van der Waals surface area contributed by atoms with Crippen molar-refractivity contribution in [3.8, 4) is 5.69 Å². The fourth-order valence-electron chi connectivity index (χ4n) is 2.05. The number of nitrogens with one attached hydrogen (secondary N) is 1. The largest absolute Gasteiger partial charge is 0.330 e. The van der Waals surface area contributed by atoms with Gasteiger partial charge in [-0.05, 0) is 58.5 Å². The third-order valence-electron chi connectivity index (χ3n) is 2.85. The molecule has 3 aromatic rings. The average molecular weight is 437 g/mol. The van der Waals surface area contributed by atoms with Gasteiger partial charge in [-0.15, -0.1) is 0 Å². The van der Waals surface area contributed by atoms with Crippen molar-refractivity contribution < 1.29 is 4.39 Å². The van der Waals surface area contributed by atoms with E-state index in [-0.39, 0.29) is 5.02 Å². The monoisotopic (exact) mass is 434 g/mol. The molecule has 0 unspecified atom stereocenters. The van der Waals surface area contributed by atoms with Gasteiger partial charge >= 0.3 is 0 Å². The molecule has 0 atom stereocenters. The van der Waals surface area contributed by atoms with E-state index in [0.29, 0.717) is 14.9 Å². The Balaban J connectivity index is 2.44. The van der Waals surface area contributed by atoms with Crippen LogP contribution in [0, 0.1) is 10.6 Å². The molecule has 0 spiro atoms. The number of benzene rings is 2. The van der Waals surface area contributed by atoms with Gasteiger partial charge in [0, 0.05) is 8.95 Å². The molecule has 0 bridgehead atoms. The van der Waals surface area contributed by atoms with Crippen LogP contribution in [0.2, 0.25) is 5.02 Å². The molecule has 2 aromatic carbocycles. The number of hydrogen-bond acceptors (Lipinski definition) is 1. The number of imidazole rings is 1. The normalized spacial score (nSPS) is 11.2. The van der Waals surface area contributed by atoms with Crippen LogP contribution in [0.5, 0.6) is 0 Å². The Kier molecular flexibility index (Phi) is 3.75. The van der Waals surface area contributed by atoms with Gasteiger partial charge in [0.2, 0.25) is 0 Å². The van der Waals surface area contributed by atoms with E-state index in [9.17, 15) is 4.39 Å². The zero-order valence-corrected chi connectivity index (χ0v) is 14.5. The van der Waals surface area contributed by atoms with E-state index >= 15 is 0 Å². The number of hydrogen-bond donors (Lipinski definition) is 1. The van der Waals surface area contributed by atoms with Crippen molar-refractivity contribution in [3.63, 3.8) is 0 Å². The number of aromatic amines is 1. The van der Waals surface area contributed by atoms with Crippen molar-refractivity contribution in [2.45, 2.75) is 0 Å². The summed E-state index contributed by atoms with van der Waals surface area (Å²) in [4.78, 5) is 3.11. The smallest absolute Gasteiger partial charge is 0.182 e. The van der Waals surface area contributed by atoms with E-state index in [0.717, 1.165) is 15.5 Å². The molecule has 2 nitrogen and oxygen atoms in total. The Morgan fingerprint density at radius 2 is 1.95 bits per heavy atom. The lowest BCUT2D eigenvalue weighted by molar-refractivity contribution is 0.626. The quantitative estimate of drug-likeness (QED) is 0.464. The minimum absolute atomic E-state index is 0.286. The first-order valence-corrected chi connectivity index (χ1v) is 7.90.